The van der Waals surface area contributed by atoms with Gasteiger partial charge in [-0.1, -0.05) is 82.1 Å². The minimum atomic E-state index is 0.723. The Labute approximate surface area is 254 Å². The number of nitrogens with zero attached hydrogens (tertiary/aromatic N) is 2. The molecule has 0 amide bonds. The van der Waals surface area contributed by atoms with E-state index in [2.05, 4.69) is 117 Å². The van der Waals surface area contributed by atoms with E-state index in [9.17, 15) is 0 Å². The van der Waals surface area contributed by atoms with Crippen LogP contribution in [0.3, 0.4) is 0 Å². The van der Waals surface area contributed by atoms with Gasteiger partial charge in [-0.3, -0.25) is 5.01 Å². The average Bonchev–Trinajstić information content (AvgIpc) is 3.00. The summed E-state index contributed by atoms with van der Waals surface area (Å²) in [4.78, 5) is 0. The first kappa shape index (κ1) is 28.7. The summed E-state index contributed by atoms with van der Waals surface area (Å²) in [6, 6.07) is 28.5. The standard InChI is InChI=1S/C40H48N2/c1-6-10-31-23-33(15-12-29(31)4)35-17-19-39-37(25-35)27-38-26-36(18-20-40(38)42(39)41-21-8-7-9-22-41)34-16-13-30(5)32(24-34)14-11-28(2)3/h12-13,15-20,23-26,28H,6-11,14,21-22,27H2,1-5H3. The van der Waals surface area contributed by atoms with Gasteiger partial charge in [0.25, 0.3) is 0 Å². The smallest absolute Gasteiger partial charge is 0.0616 e. The third-order valence-electron chi connectivity index (χ3n) is 9.49. The second kappa shape index (κ2) is 12.5. The van der Waals surface area contributed by atoms with E-state index in [1.807, 2.05) is 0 Å². The van der Waals surface area contributed by atoms with Gasteiger partial charge >= 0.3 is 0 Å². The molecule has 1 saturated heterocycles. The molecule has 218 valence electrons. The van der Waals surface area contributed by atoms with E-state index in [1.165, 1.54) is 99.1 Å². The average molecular weight is 557 g/mol. The molecule has 0 N–H and O–H groups in total. The van der Waals surface area contributed by atoms with Gasteiger partial charge < -0.3 is 0 Å². The third-order valence-corrected chi connectivity index (χ3v) is 9.49. The number of hydrazine groups is 1. The summed E-state index contributed by atoms with van der Waals surface area (Å²) < 4.78 is 0. The number of rotatable bonds is 8. The lowest BCUT2D eigenvalue weighted by Gasteiger charge is -2.43. The Morgan fingerprint density at radius 3 is 1.64 bits per heavy atom. The summed E-state index contributed by atoms with van der Waals surface area (Å²) in [5.41, 5.74) is 16.7. The van der Waals surface area contributed by atoms with Gasteiger partial charge in [0.1, 0.15) is 0 Å². The highest BCUT2D eigenvalue weighted by atomic mass is 15.6. The van der Waals surface area contributed by atoms with E-state index in [4.69, 9.17) is 0 Å². The first-order valence-electron chi connectivity index (χ1n) is 16.4. The molecule has 0 atom stereocenters. The molecular weight excluding hydrogens is 508 g/mol. The third kappa shape index (κ3) is 5.92. The van der Waals surface area contributed by atoms with E-state index >= 15 is 0 Å². The Balaban J connectivity index is 1.39. The molecule has 6 rings (SSSR count). The Morgan fingerprint density at radius 1 is 0.619 bits per heavy atom. The second-order valence-corrected chi connectivity index (χ2v) is 13.2. The fraction of sp³-hybridized carbons (Fsp3) is 0.400. The van der Waals surface area contributed by atoms with Gasteiger partial charge in [-0.15, -0.1) is 0 Å². The summed E-state index contributed by atoms with van der Waals surface area (Å²) in [7, 11) is 0. The normalized spacial score (nSPS) is 15.1. The highest BCUT2D eigenvalue weighted by Crippen LogP contribution is 2.43. The minimum Gasteiger partial charge on any atom is -0.274 e. The lowest BCUT2D eigenvalue weighted by molar-refractivity contribution is 0.230. The van der Waals surface area contributed by atoms with Crippen molar-refractivity contribution in [3.05, 3.63) is 106 Å². The zero-order valence-corrected chi connectivity index (χ0v) is 26.5. The van der Waals surface area contributed by atoms with Crippen molar-refractivity contribution in [2.75, 3.05) is 18.1 Å². The second-order valence-electron chi connectivity index (χ2n) is 13.2. The molecule has 2 heterocycles. The monoisotopic (exact) mass is 556 g/mol. The summed E-state index contributed by atoms with van der Waals surface area (Å²) in [6.45, 7) is 13.7. The maximum Gasteiger partial charge on any atom is 0.0616 e. The van der Waals surface area contributed by atoms with Gasteiger partial charge in [-0.2, -0.15) is 0 Å². The van der Waals surface area contributed by atoms with Crippen molar-refractivity contribution in [1.29, 1.82) is 0 Å². The predicted octanol–water partition coefficient (Wildman–Crippen LogP) is 10.6. The molecule has 42 heavy (non-hydrogen) atoms. The van der Waals surface area contributed by atoms with Crippen molar-refractivity contribution in [3.63, 3.8) is 0 Å². The van der Waals surface area contributed by atoms with Gasteiger partial charge in [0.15, 0.2) is 0 Å². The van der Waals surface area contributed by atoms with E-state index in [-0.39, 0.29) is 0 Å². The molecule has 2 nitrogen and oxygen atoms in total. The lowest BCUT2D eigenvalue weighted by Crippen LogP contribution is -2.44. The molecule has 2 heteroatoms. The zero-order valence-electron chi connectivity index (χ0n) is 26.5. The first-order valence-corrected chi connectivity index (χ1v) is 16.4. The van der Waals surface area contributed by atoms with Crippen LogP contribution < -0.4 is 5.01 Å². The van der Waals surface area contributed by atoms with E-state index in [1.54, 1.807) is 0 Å². The number of benzene rings is 4. The summed E-state index contributed by atoms with van der Waals surface area (Å²) >= 11 is 0. The molecule has 0 bridgehead atoms. The van der Waals surface area contributed by atoms with Crippen LogP contribution in [0.2, 0.25) is 0 Å². The molecular formula is C40H48N2. The van der Waals surface area contributed by atoms with Crippen molar-refractivity contribution in [2.24, 2.45) is 5.92 Å². The summed E-state index contributed by atoms with van der Waals surface area (Å²) in [5.74, 6) is 0.723. The van der Waals surface area contributed by atoms with Gasteiger partial charge in [0.05, 0.1) is 11.4 Å². The number of hydrogen-bond acceptors (Lipinski definition) is 2. The van der Waals surface area contributed by atoms with Crippen LogP contribution in [0.5, 0.6) is 0 Å². The Morgan fingerprint density at radius 2 is 1.12 bits per heavy atom. The topological polar surface area (TPSA) is 6.48 Å². The predicted molar refractivity (Wildman–Crippen MR) is 181 cm³/mol. The molecule has 0 aliphatic carbocycles. The number of piperidine rings is 1. The van der Waals surface area contributed by atoms with Crippen molar-refractivity contribution >= 4 is 11.4 Å². The highest BCUT2D eigenvalue weighted by Gasteiger charge is 2.29. The molecule has 0 spiro atoms. The molecule has 0 saturated carbocycles. The van der Waals surface area contributed by atoms with Crippen LogP contribution in [0.15, 0.2) is 72.8 Å². The van der Waals surface area contributed by atoms with Crippen LogP contribution in [-0.4, -0.2) is 18.1 Å². The molecule has 0 radical (unpaired) electrons. The minimum absolute atomic E-state index is 0.723. The first-order chi connectivity index (χ1) is 20.4. The van der Waals surface area contributed by atoms with Crippen LogP contribution in [0.25, 0.3) is 22.3 Å². The Kier molecular flexibility index (Phi) is 8.54. The van der Waals surface area contributed by atoms with Crippen molar-refractivity contribution < 1.29 is 0 Å². The molecule has 1 fully saturated rings. The van der Waals surface area contributed by atoms with E-state index in [0.717, 1.165) is 38.3 Å². The van der Waals surface area contributed by atoms with Crippen LogP contribution in [0.4, 0.5) is 11.4 Å². The molecule has 0 unspecified atom stereocenters. The maximum atomic E-state index is 2.60. The van der Waals surface area contributed by atoms with Gasteiger partial charge in [-0.25, -0.2) is 5.01 Å². The van der Waals surface area contributed by atoms with Crippen molar-refractivity contribution in [2.45, 2.75) is 86.0 Å². The number of aryl methyl sites for hydroxylation is 4. The van der Waals surface area contributed by atoms with E-state index in [0.29, 0.717) is 0 Å². The number of anilines is 2. The van der Waals surface area contributed by atoms with Gasteiger partial charge in [0.2, 0.25) is 0 Å². The van der Waals surface area contributed by atoms with Crippen LogP contribution in [0.1, 0.15) is 86.3 Å². The summed E-state index contributed by atoms with van der Waals surface area (Å²) in [6.07, 6.45) is 9.55. The van der Waals surface area contributed by atoms with Crippen molar-refractivity contribution in [1.82, 2.24) is 5.01 Å². The highest BCUT2D eigenvalue weighted by molar-refractivity contribution is 5.80. The summed E-state index contributed by atoms with van der Waals surface area (Å²) in [5, 5.41) is 5.16. The molecule has 0 aromatic heterocycles. The molecule has 2 aliphatic heterocycles. The van der Waals surface area contributed by atoms with Crippen LogP contribution in [0, 0.1) is 19.8 Å². The zero-order chi connectivity index (χ0) is 29.2. The fourth-order valence-electron chi connectivity index (χ4n) is 6.90. The van der Waals surface area contributed by atoms with Crippen LogP contribution in [-0.2, 0) is 19.3 Å². The van der Waals surface area contributed by atoms with Crippen molar-refractivity contribution in [3.8, 4) is 22.3 Å². The molecule has 4 aromatic carbocycles. The number of fused-ring (bicyclic) bond motifs is 2. The largest absolute Gasteiger partial charge is 0.274 e. The van der Waals surface area contributed by atoms with Crippen LogP contribution >= 0.6 is 0 Å². The Hall–Kier alpha value is -3.36. The van der Waals surface area contributed by atoms with Gasteiger partial charge in [-0.05, 0) is 132 Å². The fourth-order valence-corrected chi connectivity index (χ4v) is 6.90. The quantitative estimate of drug-likeness (QED) is 0.213. The maximum absolute atomic E-state index is 2.60. The molecule has 2 aliphatic rings. The Bertz CT molecular complexity index is 1560. The lowest BCUT2D eigenvalue weighted by atomic mass is 9.89. The molecule has 4 aromatic rings. The van der Waals surface area contributed by atoms with E-state index < -0.39 is 0 Å². The number of hydrogen-bond donors (Lipinski definition) is 0. The van der Waals surface area contributed by atoms with Gasteiger partial charge in [0, 0.05) is 19.5 Å². The SMILES string of the molecule is CCCc1cc(-c2ccc3c(c2)Cc2cc(-c4ccc(C)c(CCC(C)C)c4)ccc2N3N2CCCCC2)ccc1C.